The molecule has 0 amide bonds. The molecule has 92 valence electrons. The summed E-state index contributed by atoms with van der Waals surface area (Å²) >= 11 is 0. The summed E-state index contributed by atoms with van der Waals surface area (Å²) in [4.78, 5) is 8.68. The van der Waals surface area contributed by atoms with E-state index < -0.39 is 5.60 Å². The van der Waals surface area contributed by atoms with E-state index in [1.807, 2.05) is 13.0 Å². The number of rotatable bonds is 1. The molecule has 2 fully saturated rings. The van der Waals surface area contributed by atoms with Crippen molar-refractivity contribution < 1.29 is 5.11 Å². The summed E-state index contributed by atoms with van der Waals surface area (Å²) in [5.41, 5.74) is 0.0969. The fourth-order valence-corrected chi connectivity index (χ4v) is 3.19. The first-order valence-corrected chi connectivity index (χ1v) is 6.44. The number of aryl methyl sites for hydroxylation is 1. The molecular weight excluding hydrogens is 214 g/mol. The molecule has 2 N–H and O–H groups in total. The second-order valence-electron chi connectivity index (χ2n) is 5.45. The minimum atomic E-state index is -0.826. The lowest BCUT2D eigenvalue weighted by molar-refractivity contribution is -0.0429. The van der Waals surface area contributed by atoms with Gasteiger partial charge >= 0.3 is 0 Å². The number of piperidine rings is 2. The summed E-state index contributed by atoms with van der Waals surface area (Å²) in [6.45, 7) is 1.94. The van der Waals surface area contributed by atoms with Crippen LogP contribution in [0.1, 0.15) is 43.6 Å². The molecule has 4 heteroatoms. The van der Waals surface area contributed by atoms with Crippen molar-refractivity contribution in [3.05, 3.63) is 23.8 Å². The lowest BCUT2D eigenvalue weighted by atomic mass is 9.77. The molecule has 17 heavy (non-hydrogen) atoms. The Morgan fingerprint density at radius 1 is 1.35 bits per heavy atom. The van der Waals surface area contributed by atoms with Gasteiger partial charge < -0.3 is 10.4 Å². The highest BCUT2D eigenvalue weighted by Gasteiger charge is 2.43. The molecule has 0 spiro atoms. The normalized spacial score (nSPS) is 36.8. The fourth-order valence-electron chi connectivity index (χ4n) is 3.19. The second-order valence-corrected chi connectivity index (χ2v) is 5.45. The average molecular weight is 233 g/mol. The summed E-state index contributed by atoms with van der Waals surface area (Å²) in [6.07, 6.45) is 6.82. The number of hydrogen-bond donors (Lipinski definition) is 2. The van der Waals surface area contributed by atoms with Crippen molar-refractivity contribution in [2.75, 3.05) is 0 Å². The van der Waals surface area contributed by atoms with Crippen molar-refractivity contribution >= 4 is 0 Å². The Kier molecular flexibility index (Phi) is 2.64. The van der Waals surface area contributed by atoms with Crippen molar-refractivity contribution in [2.45, 2.75) is 56.7 Å². The monoisotopic (exact) mass is 233 g/mol. The van der Waals surface area contributed by atoms with Gasteiger partial charge in [-0.1, -0.05) is 6.42 Å². The smallest absolute Gasteiger partial charge is 0.160 e. The van der Waals surface area contributed by atoms with Crippen molar-refractivity contribution in [1.82, 2.24) is 15.3 Å². The summed E-state index contributed by atoms with van der Waals surface area (Å²) in [7, 11) is 0. The van der Waals surface area contributed by atoms with E-state index in [1.54, 1.807) is 6.20 Å². The third-order valence-electron chi connectivity index (χ3n) is 3.96. The minimum Gasteiger partial charge on any atom is -0.382 e. The third-order valence-corrected chi connectivity index (χ3v) is 3.96. The SMILES string of the molecule is Cc1ccnc(C2(O)CC3CCCC(C2)N3)n1. The zero-order valence-corrected chi connectivity index (χ0v) is 10.2. The van der Waals surface area contributed by atoms with Crippen molar-refractivity contribution in [3.8, 4) is 0 Å². The molecule has 0 saturated carbocycles. The van der Waals surface area contributed by atoms with E-state index in [4.69, 9.17) is 0 Å². The summed E-state index contributed by atoms with van der Waals surface area (Å²) < 4.78 is 0. The molecule has 2 aliphatic heterocycles. The number of nitrogens with zero attached hydrogens (tertiary/aromatic N) is 2. The van der Waals surface area contributed by atoms with Crippen molar-refractivity contribution in [3.63, 3.8) is 0 Å². The van der Waals surface area contributed by atoms with Crippen LogP contribution in [0.3, 0.4) is 0 Å². The van der Waals surface area contributed by atoms with Gasteiger partial charge in [0.2, 0.25) is 0 Å². The van der Waals surface area contributed by atoms with Gasteiger partial charge in [0.1, 0.15) is 5.60 Å². The van der Waals surface area contributed by atoms with Crippen LogP contribution in [0.15, 0.2) is 12.3 Å². The second kappa shape index (κ2) is 4.03. The van der Waals surface area contributed by atoms with Crippen molar-refractivity contribution in [1.29, 1.82) is 0 Å². The Balaban J connectivity index is 1.90. The molecule has 4 nitrogen and oxygen atoms in total. The van der Waals surface area contributed by atoms with Crippen LogP contribution in [-0.2, 0) is 5.60 Å². The number of hydrogen-bond acceptors (Lipinski definition) is 4. The summed E-state index contributed by atoms with van der Waals surface area (Å²) in [5, 5.41) is 14.4. The highest BCUT2D eigenvalue weighted by molar-refractivity contribution is 5.11. The quantitative estimate of drug-likeness (QED) is 0.767. The highest BCUT2D eigenvalue weighted by atomic mass is 16.3. The minimum absolute atomic E-state index is 0.427. The van der Waals surface area contributed by atoms with Crippen LogP contribution in [0.4, 0.5) is 0 Å². The predicted octanol–water partition coefficient (Wildman–Crippen LogP) is 1.28. The van der Waals surface area contributed by atoms with E-state index in [9.17, 15) is 5.11 Å². The maximum Gasteiger partial charge on any atom is 0.160 e. The molecule has 2 bridgehead atoms. The maximum absolute atomic E-state index is 10.8. The highest BCUT2D eigenvalue weighted by Crippen LogP contribution is 2.37. The molecule has 0 aliphatic carbocycles. The first-order chi connectivity index (χ1) is 8.16. The molecule has 3 heterocycles. The van der Waals surface area contributed by atoms with Crippen LogP contribution in [0, 0.1) is 6.92 Å². The molecule has 2 unspecified atom stereocenters. The zero-order chi connectivity index (χ0) is 11.9. The van der Waals surface area contributed by atoms with Crippen LogP contribution >= 0.6 is 0 Å². The van der Waals surface area contributed by atoms with E-state index in [0.29, 0.717) is 17.9 Å². The van der Waals surface area contributed by atoms with Crippen molar-refractivity contribution in [2.24, 2.45) is 0 Å². The number of aromatic nitrogens is 2. The Bertz CT molecular complexity index is 409. The molecule has 0 aromatic carbocycles. The Morgan fingerprint density at radius 3 is 2.71 bits per heavy atom. The molecule has 2 saturated heterocycles. The van der Waals surface area contributed by atoms with Gasteiger partial charge in [0.15, 0.2) is 5.82 Å². The maximum atomic E-state index is 10.8. The Labute approximate surface area is 101 Å². The van der Waals surface area contributed by atoms with Gasteiger partial charge in [-0.15, -0.1) is 0 Å². The molecular formula is C13H19N3O. The van der Waals surface area contributed by atoms with Gasteiger partial charge in [-0.2, -0.15) is 0 Å². The Hall–Kier alpha value is -1.00. The number of fused-ring (bicyclic) bond motifs is 2. The molecule has 3 rings (SSSR count). The van der Waals surface area contributed by atoms with Gasteiger partial charge in [-0.3, -0.25) is 0 Å². The summed E-state index contributed by atoms with van der Waals surface area (Å²) in [5.74, 6) is 0.607. The summed E-state index contributed by atoms with van der Waals surface area (Å²) in [6, 6.07) is 2.72. The van der Waals surface area contributed by atoms with E-state index in [0.717, 1.165) is 31.4 Å². The molecule has 0 radical (unpaired) electrons. The van der Waals surface area contributed by atoms with E-state index in [2.05, 4.69) is 15.3 Å². The third kappa shape index (κ3) is 2.07. The van der Waals surface area contributed by atoms with Crippen LogP contribution in [0.25, 0.3) is 0 Å². The van der Waals surface area contributed by atoms with Crippen LogP contribution in [0.5, 0.6) is 0 Å². The largest absolute Gasteiger partial charge is 0.382 e. The van der Waals surface area contributed by atoms with Gasteiger partial charge in [-0.25, -0.2) is 9.97 Å². The van der Waals surface area contributed by atoms with Crippen LogP contribution < -0.4 is 5.32 Å². The van der Waals surface area contributed by atoms with Gasteiger partial charge in [-0.05, 0) is 38.7 Å². The topological polar surface area (TPSA) is 58.0 Å². The van der Waals surface area contributed by atoms with E-state index in [-0.39, 0.29) is 0 Å². The first kappa shape index (κ1) is 11.1. The van der Waals surface area contributed by atoms with Gasteiger partial charge in [0.25, 0.3) is 0 Å². The lowest BCUT2D eigenvalue weighted by Crippen LogP contribution is -2.54. The lowest BCUT2D eigenvalue weighted by Gasteiger charge is -2.44. The predicted molar refractivity (Wildman–Crippen MR) is 64.5 cm³/mol. The molecule has 1 aromatic heterocycles. The molecule has 1 aromatic rings. The van der Waals surface area contributed by atoms with E-state index in [1.165, 1.54) is 6.42 Å². The molecule has 2 aliphatic rings. The number of nitrogens with one attached hydrogen (secondary N) is 1. The average Bonchev–Trinajstić information content (AvgIpc) is 2.28. The fraction of sp³-hybridized carbons (Fsp3) is 0.692. The number of aliphatic hydroxyl groups is 1. The van der Waals surface area contributed by atoms with Crippen LogP contribution in [0.2, 0.25) is 0 Å². The van der Waals surface area contributed by atoms with E-state index >= 15 is 0 Å². The van der Waals surface area contributed by atoms with Crippen LogP contribution in [-0.4, -0.2) is 27.2 Å². The standard InChI is InChI=1S/C13H19N3O/c1-9-5-6-14-12(15-9)13(17)7-10-3-2-4-11(8-13)16-10/h5-6,10-11,16-17H,2-4,7-8H2,1H3. The zero-order valence-electron chi connectivity index (χ0n) is 10.2. The van der Waals surface area contributed by atoms with Gasteiger partial charge in [0.05, 0.1) is 0 Å². The molecule has 2 atom stereocenters. The Morgan fingerprint density at radius 2 is 2.06 bits per heavy atom. The van der Waals surface area contributed by atoms with Gasteiger partial charge in [0, 0.05) is 24.0 Å². The first-order valence-electron chi connectivity index (χ1n) is 6.44.